The average molecular weight is 366 g/mol. The highest BCUT2D eigenvalue weighted by Gasteiger charge is 2.25. The molecule has 0 aromatic carbocycles. The molecule has 1 aliphatic rings. The summed E-state index contributed by atoms with van der Waals surface area (Å²) in [6.07, 6.45) is 16.0. The molecule has 0 saturated carbocycles. The molecule has 1 heterocycles. The van der Waals surface area contributed by atoms with Gasteiger partial charge in [0.25, 0.3) is 0 Å². The maximum absolute atomic E-state index is 12.2. The Morgan fingerprint density at radius 2 is 2.15 bits per heavy atom. The van der Waals surface area contributed by atoms with E-state index in [2.05, 4.69) is 11.7 Å². The van der Waals surface area contributed by atoms with E-state index in [1.165, 1.54) is 7.11 Å². The van der Waals surface area contributed by atoms with Gasteiger partial charge in [-0.1, -0.05) is 50.5 Å². The number of ether oxygens (including phenoxy) is 1. The van der Waals surface area contributed by atoms with Crippen molar-refractivity contribution in [3.05, 3.63) is 24.3 Å². The van der Waals surface area contributed by atoms with E-state index in [0.29, 0.717) is 19.4 Å². The first-order chi connectivity index (χ1) is 12.6. The van der Waals surface area contributed by atoms with Crippen molar-refractivity contribution in [1.29, 1.82) is 0 Å². The van der Waals surface area contributed by atoms with Crippen LogP contribution in [0.1, 0.15) is 71.1 Å². The Morgan fingerprint density at radius 3 is 2.88 bits per heavy atom. The zero-order valence-electron chi connectivity index (χ0n) is 16.4. The summed E-state index contributed by atoms with van der Waals surface area (Å²) in [5.41, 5.74) is 0. The lowest BCUT2D eigenvalue weighted by Crippen LogP contribution is -2.42. The second-order valence-electron chi connectivity index (χ2n) is 6.89. The molecule has 1 unspecified atom stereocenters. The molecule has 0 spiro atoms. The van der Waals surface area contributed by atoms with Crippen LogP contribution in [0.5, 0.6) is 0 Å². The number of allylic oxidation sites excluding steroid dienone is 1. The molecule has 1 saturated heterocycles. The largest absolute Gasteiger partial charge is 0.469 e. The van der Waals surface area contributed by atoms with Crippen LogP contribution in [0.2, 0.25) is 0 Å². The van der Waals surface area contributed by atoms with Crippen LogP contribution in [0.4, 0.5) is 0 Å². The van der Waals surface area contributed by atoms with Gasteiger partial charge in [-0.2, -0.15) is 0 Å². The molecule has 1 rings (SSSR count). The summed E-state index contributed by atoms with van der Waals surface area (Å²) in [4.78, 5) is 25.2. The standard InChI is InChI=1S/C21H35NO4/c1-3-4-7-12-19(23)16-15-18-11-10-13-20(24)22(18)17-9-6-5-8-14-21(25)26-2/h6,9,15-16,18-19,23H,3-5,7-8,10-14,17H2,1-2H3/b9-6-,16-15+/t18?,19-/m1/s1. The van der Waals surface area contributed by atoms with Gasteiger partial charge in [-0.05, 0) is 32.1 Å². The molecule has 5 nitrogen and oxygen atoms in total. The Morgan fingerprint density at radius 1 is 1.35 bits per heavy atom. The first-order valence-electron chi connectivity index (χ1n) is 9.96. The van der Waals surface area contributed by atoms with Crippen molar-refractivity contribution in [2.45, 2.75) is 83.3 Å². The molecule has 1 aliphatic heterocycles. The fraction of sp³-hybridized carbons (Fsp3) is 0.714. The number of hydrogen-bond acceptors (Lipinski definition) is 4. The molecule has 2 atom stereocenters. The number of rotatable bonds is 12. The van der Waals surface area contributed by atoms with Crippen LogP contribution in [0, 0.1) is 0 Å². The first-order valence-corrected chi connectivity index (χ1v) is 9.96. The lowest BCUT2D eigenvalue weighted by Gasteiger charge is -2.33. The highest BCUT2D eigenvalue weighted by molar-refractivity contribution is 5.77. The van der Waals surface area contributed by atoms with Gasteiger partial charge in [0, 0.05) is 19.4 Å². The number of unbranched alkanes of at least 4 members (excludes halogenated alkanes) is 3. The Balaban J connectivity index is 2.43. The van der Waals surface area contributed by atoms with Crippen molar-refractivity contribution < 1.29 is 19.4 Å². The Kier molecular flexibility index (Phi) is 11.7. The van der Waals surface area contributed by atoms with E-state index in [0.717, 1.165) is 51.4 Å². The summed E-state index contributed by atoms with van der Waals surface area (Å²) in [5, 5.41) is 10.1. The van der Waals surface area contributed by atoms with Crippen LogP contribution in [0.15, 0.2) is 24.3 Å². The van der Waals surface area contributed by atoms with E-state index in [4.69, 9.17) is 0 Å². The molecule has 1 amide bonds. The summed E-state index contributed by atoms with van der Waals surface area (Å²) in [7, 11) is 1.40. The smallest absolute Gasteiger partial charge is 0.305 e. The first kappa shape index (κ1) is 22.4. The van der Waals surface area contributed by atoms with Crippen LogP contribution in [-0.2, 0) is 14.3 Å². The molecule has 148 valence electrons. The average Bonchev–Trinajstić information content (AvgIpc) is 2.64. The monoisotopic (exact) mass is 365 g/mol. The van der Waals surface area contributed by atoms with Crippen molar-refractivity contribution in [1.82, 2.24) is 4.90 Å². The molecule has 1 fully saturated rings. The van der Waals surface area contributed by atoms with Gasteiger partial charge in [0.2, 0.25) is 5.91 Å². The maximum atomic E-state index is 12.2. The lowest BCUT2D eigenvalue weighted by atomic mass is 10.00. The predicted molar refractivity (Wildman–Crippen MR) is 104 cm³/mol. The van der Waals surface area contributed by atoms with Crippen molar-refractivity contribution in [3.8, 4) is 0 Å². The summed E-state index contributed by atoms with van der Waals surface area (Å²) in [6.45, 7) is 2.73. The molecule has 26 heavy (non-hydrogen) atoms. The summed E-state index contributed by atoms with van der Waals surface area (Å²) in [6, 6.07) is 0.0665. The Hall–Kier alpha value is -1.62. The SMILES string of the molecule is CCCCC[C@@H](O)/C=C/C1CCCC(=O)N1C/C=C\CCCC(=O)OC. The number of aliphatic hydroxyl groups excluding tert-OH is 1. The number of esters is 1. The third kappa shape index (κ3) is 9.18. The van der Waals surface area contributed by atoms with Gasteiger partial charge in [-0.3, -0.25) is 9.59 Å². The van der Waals surface area contributed by atoms with Crippen LogP contribution in [0.25, 0.3) is 0 Å². The molecular weight excluding hydrogens is 330 g/mol. The van der Waals surface area contributed by atoms with E-state index >= 15 is 0 Å². The molecule has 1 N–H and O–H groups in total. The molecule has 0 radical (unpaired) electrons. The second-order valence-corrected chi connectivity index (χ2v) is 6.89. The second kappa shape index (κ2) is 13.6. The number of piperidine rings is 1. The minimum absolute atomic E-state index is 0.0665. The normalized spacial score (nSPS) is 19.4. The van der Waals surface area contributed by atoms with E-state index in [1.807, 2.05) is 29.2 Å². The van der Waals surface area contributed by atoms with Crippen molar-refractivity contribution in [3.63, 3.8) is 0 Å². The van der Waals surface area contributed by atoms with Gasteiger partial charge in [0.15, 0.2) is 0 Å². The number of hydrogen-bond donors (Lipinski definition) is 1. The highest BCUT2D eigenvalue weighted by atomic mass is 16.5. The number of methoxy groups -OCH3 is 1. The fourth-order valence-corrected chi connectivity index (χ4v) is 3.11. The zero-order valence-corrected chi connectivity index (χ0v) is 16.4. The summed E-state index contributed by atoms with van der Waals surface area (Å²) >= 11 is 0. The van der Waals surface area contributed by atoms with Crippen molar-refractivity contribution >= 4 is 11.9 Å². The number of nitrogens with zero attached hydrogens (tertiary/aromatic N) is 1. The summed E-state index contributed by atoms with van der Waals surface area (Å²) < 4.78 is 4.61. The Bertz CT molecular complexity index is 473. The van der Waals surface area contributed by atoms with Crippen LogP contribution in [0.3, 0.4) is 0 Å². The molecule has 0 bridgehead atoms. The molecular formula is C21H35NO4. The van der Waals surface area contributed by atoms with Gasteiger partial charge >= 0.3 is 5.97 Å². The lowest BCUT2D eigenvalue weighted by molar-refractivity contribution is -0.140. The van der Waals surface area contributed by atoms with E-state index in [1.54, 1.807) is 0 Å². The zero-order chi connectivity index (χ0) is 19.2. The van der Waals surface area contributed by atoms with Gasteiger partial charge in [-0.15, -0.1) is 0 Å². The van der Waals surface area contributed by atoms with E-state index in [-0.39, 0.29) is 17.9 Å². The number of amides is 1. The topological polar surface area (TPSA) is 66.8 Å². The van der Waals surface area contributed by atoms with Crippen LogP contribution in [-0.4, -0.2) is 47.7 Å². The fourth-order valence-electron chi connectivity index (χ4n) is 3.11. The van der Waals surface area contributed by atoms with Gasteiger partial charge in [0.05, 0.1) is 19.3 Å². The van der Waals surface area contributed by atoms with Crippen LogP contribution >= 0.6 is 0 Å². The van der Waals surface area contributed by atoms with E-state index in [9.17, 15) is 14.7 Å². The predicted octanol–water partition coefficient (Wildman–Crippen LogP) is 3.76. The van der Waals surface area contributed by atoms with Crippen molar-refractivity contribution in [2.75, 3.05) is 13.7 Å². The molecule has 0 aliphatic carbocycles. The quantitative estimate of drug-likeness (QED) is 0.325. The number of likely N-dealkylation sites (tertiary alicyclic amines) is 1. The van der Waals surface area contributed by atoms with Gasteiger partial charge in [0.1, 0.15) is 0 Å². The Labute approximate surface area is 158 Å². The van der Waals surface area contributed by atoms with E-state index < -0.39 is 6.10 Å². The highest BCUT2D eigenvalue weighted by Crippen LogP contribution is 2.20. The minimum Gasteiger partial charge on any atom is -0.469 e. The number of carbonyl (C=O) groups is 2. The number of carbonyl (C=O) groups excluding carboxylic acids is 2. The number of aliphatic hydroxyl groups is 1. The van der Waals surface area contributed by atoms with Crippen molar-refractivity contribution in [2.24, 2.45) is 0 Å². The molecule has 0 aromatic heterocycles. The summed E-state index contributed by atoms with van der Waals surface area (Å²) in [5.74, 6) is -0.0158. The van der Waals surface area contributed by atoms with Crippen LogP contribution < -0.4 is 0 Å². The minimum atomic E-state index is -0.422. The maximum Gasteiger partial charge on any atom is 0.305 e. The molecule has 5 heteroatoms. The van der Waals surface area contributed by atoms with Gasteiger partial charge in [-0.25, -0.2) is 0 Å². The van der Waals surface area contributed by atoms with Gasteiger partial charge < -0.3 is 14.7 Å². The third-order valence-electron chi connectivity index (χ3n) is 4.72. The molecule has 0 aromatic rings. The third-order valence-corrected chi connectivity index (χ3v) is 4.72.